The van der Waals surface area contributed by atoms with Crippen LogP contribution in [0.5, 0.6) is 0 Å². The molecule has 0 amide bonds. The van der Waals surface area contributed by atoms with Crippen LogP contribution in [0.4, 0.5) is 4.39 Å². The first-order valence-corrected chi connectivity index (χ1v) is 13.2. The topological polar surface area (TPSA) is 86.4 Å². The molecule has 0 spiro atoms. The first-order valence-electron chi connectivity index (χ1n) is 12.4. The lowest BCUT2D eigenvalue weighted by Crippen LogP contribution is -2.18. The van der Waals surface area contributed by atoms with E-state index >= 15 is 4.39 Å². The molecule has 2 N–H and O–H groups in total. The number of halogens is 1. The Morgan fingerprint density at radius 3 is 2.78 bits per heavy atom. The van der Waals surface area contributed by atoms with Crippen molar-refractivity contribution < 1.29 is 4.39 Å². The van der Waals surface area contributed by atoms with Gasteiger partial charge in [-0.1, -0.05) is 0 Å². The molecule has 0 aliphatic carbocycles. The van der Waals surface area contributed by atoms with Gasteiger partial charge >= 0.3 is 0 Å². The van der Waals surface area contributed by atoms with Crippen LogP contribution >= 0.6 is 11.3 Å². The Kier molecular flexibility index (Phi) is 5.33. The second kappa shape index (κ2) is 8.86. The number of aromatic amines is 2. The van der Waals surface area contributed by atoms with Crippen molar-refractivity contribution in [2.45, 2.75) is 26.3 Å². The van der Waals surface area contributed by atoms with Crippen molar-refractivity contribution >= 4 is 33.4 Å². The number of hydrogen-bond donors (Lipinski definition) is 2. The molecule has 1 aromatic carbocycles. The first-order chi connectivity index (χ1) is 18.1. The fraction of sp³-hybridized carbons (Fsp3) is 0.214. The number of hydrogen-bond acceptors (Lipinski definition) is 6. The number of pyridine rings is 2. The molecule has 5 aromatic heterocycles. The minimum Gasteiger partial charge on any atom is -0.335 e. The molecular weight excluding hydrogens is 485 g/mol. The highest BCUT2D eigenvalue weighted by Crippen LogP contribution is 2.35. The van der Waals surface area contributed by atoms with Gasteiger partial charge in [-0.25, -0.2) is 14.4 Å². The zero-order chi connectivity index (χ0) is 24.9. The van der Waals surface area contributed by atoms with Crippen LogP contribution in [-0.2, 0) is 6.54 Å². The van der Waals surface area contributed by atoms with Crippen molar-refractivity contribution in [1.82, 2.24) is 35.0 Å². The molecule has 0 saturated carbocycles. The van der Waals surface area contributed by atoms with Crippen molar-refractivity contribution in [2.24, 2.45) is 0 Å². The molecule has 6 heterocycles. The molecule has 1 saturated heterocycles. The van der Waals surface area contributed by atoms with E-state index in [0.29, 0.717) is 22.6 Å². The third-order valence-corrected chi connectivity index (χ3v) is 8.01. The highest BCUT2D eigenvalue weighted by molar-refractivity contribution is 7.15. The maximum Gasteiger partial charge on any atom is 0.178 e. The summed E-state index contributed by atoms with van der Waals surface area (Å²) in [5, 5.41) is 7.93. The summed E-state index contributed by atoms with van der Waals surface area (Å²) in [5.41, 5.74) is 6.17. The Morgan fingerprint density at radius 1 is 1.05 bits per heavy atom. The highest BCUT2D eigenvalue weighted by atomic mass is 32.1. The summed E-state index contributed by atoms with van der Waals surface area (Å²) >= 11 is 1.72. The Morgan fingerprint density at radius 2 is 1.95 bits per heavy atom. The molecule has 0 unspecified atom stereocenters. The number of benzene rings is 1. The van der Waals surface area contributed by atoms with Crippen molar-refractivity contribution in [3.63, 3.8) is 0 Å². The first kappa shape index (κ1) is 22.3. The lowest BCUT2D eigenvalue weighted by Gasteiger charge is -2.14. The Balaban J connectivity index is 1.31. The average Bonchev–Trinajstić information content (AvgIpc) is 3.70. The van der Waals surface area contributed by atoms with Crippen molar-refractivity contribution in [1.29, 1.82) is 0 Å². The Labute approximate surface area is 216 Å². The van der Waals surface area contributed by atoms with Gasteiger partial charge in [-0.15, -0.1) is 11.3 Å². The van der Waals surface area contributed by atoms with E-state index in [1.165, 1.54) is 23.8 Å². The molecule has 0 atom stereocenters. The molecular formula is C28H24FN7S. The standard InChI is InChI=1S/C28H24FN7S/c1-16-4-5-23(37-16)20-6-7-31-27-25(20)32-28(33-27)26-21-11-18(12-22(29)24(21)34-35-26)19-10-17(13-30-14-19)15-36-8-2-3-9-36/h4-7,10-14H,2-3,8-9,15H2,1H3,(H,34,35)(H,31,32,33). The van der Waals surface area contributed by atoms with Gasteiger partial charge in [0.2, 0.25) is 0 Å². The van der Waals surface area contributed by atoms with Crippen LogP contribution in [0.15, 0.2) is 55.0 Å². The predicted molar refractivity (Wildman–Crippen MR) is 145 cm³/mol. The summed E-state index contributed by atoms with van der Waals surface area (Å²) in [7, 11) is 0. The minimum absolute atomic E-state index is 0.280. The quantitative estimate of drug-likeness (QED) is 0.283. The van der Waals surface area contributed by atoms with Crippen LogP contribution in [0.25, 0.3) is 55.2 Å². The Hall–Kier alpha value is -3.95. The van der Waals surface area contributed by atoms with E-state index in [1.807, 2.05) is 18.3 Å². The van der Waals surface area contributed by atoms with Gasteiger partial charge in [0, 0.05) is 51.4 Å². The van der Waals surface area contributed by atoms with E-state index in [4.69, 9.17) is 4.98 Å². The molecule has 184 valence electrons. The van der Waals surface area contributed by atoms with Crippen LogP contribution in [0.2, 0.25) is 0 Å². The largest absolute Gasteiger partial charge is 0.335 e. The lowest BCUT2D eigenvalue weighted by molar-refractivity contribution is 0.331. The number of fused-ring (bicyclic) bond motifs is 2. The molecule has 1 fully saturated rings. The minimum atomic E-state index is -0.385. The third-order valence-electron chi connectivity index (χ3n) is 6.98. The molecule has 1 aliphatic heterocycles. The number of nitrogens with zero attached hydrogens (tertiary/aromatic N) is 5. The van der Waals surface area contributed by atoms with Crippen LogP contribution in [0, 0.1) is 12.7 Å². The van der Waals surface area contributed by atoms with Crippen molar-refractivity contribution in [2.75, 3.05) is 13.1 Å². The van der Waals surface area contributed by atoms with Gasteiger partial charge in [0.25, 0.3) is 0 Å². The van der Waals surface area contributed by atoms with Gasteiger partial charge in [0.05, 0.1) is 5.52 Å². The summed E-state index contributed by atoms with van der Waals surface area (Å²) in [5.74, 6) is 0.187. The normalized spacial score (nSPS) is 14.3. The predicted octanol–water partition coefficient (Wildman–Crippen LogP) is 6.34. The van der Waals surface area contributed by atoms with Gasteiger partial charge in [-0.3, -0.25) is 15.0 Å². The smallest absolute Gasteiger partial charge is 0.178 e. The molecule has 0 radical (unpaired) electrons. The maximum atomic E-state index is 15.2. The highest BCUT2D eigenvalue weighted by Gasteiger charge is 2.19. The van der Waals surface area contributed by atoms with E-state index in [1.54, 1.807) is 23.7 Å². The van der Waals surface area contributed by atoms with E-state index in [-0.39, 0.29) is 11.3 Å². The fourth-order valence-electron chi connectivity index (χ4n) is 5.17. The summed E-state index contributed by atoms with van der Waals surface area (Å²) in [6.45, 7) is 5.18. The number of likely N-dealkylation sites (tertiary alicyclic amines) is 1. The molecule has 1 aliphatic rings. The van der Waals surface area contributed by atoms with Crippen LogP contribution in [0.1, 0.15) is 23.3 Å². The number of nitrogens with one attached hydrogen (secondary N) is 2. The number of H-pyrrole nitrogens is 2. The van der Waals surface area contributed by atoms with Gasteiger partial charge < -0.3 is 4.98 Å². The maximum absolute atomic E-state index is 15.2. The van der Waals surface area contributed by atoms with Gasteiger partial charge in [-0.2, -0.15) is 5.10 Å². The van der Waals surface area contributed by atoms with Crippen LogP contribution in [-0.4, -0.2) is 48.1 Å². The van der Waals surface area contributed by atoms with E-state index in [0.717, 1.165) is 52.3 Å². The van der Waals surface area contributed by atoms with Gasteiger partial charge in [0.15, 0.2) is 17.3 Å². The monoisotopic (exact) mass is 509 g/mol. The molecule has 0 bridgehead atoms. The van der Waals surface area contributed by atoms with E-state index < -0.39 is 0 Å². The van der Waals surface area contributed by atoms with E-state index in [2.05, 4.69) is 55.2 Å². The summed E-state index contributed by atoms with van der Waals surface area (Å²) < 4.78 is 15.2. The van der Waals surface area contributed by atoms with Crippen molar-refractivity contribution in [3.05, 3.63) is 71.2 Å². The van der Waals surface area contributed by atoms with Gasteiger partial charge in [-0.05, 0) is 80.4 Å². The number of rotatable bonds is 5. The van der Waals surface area contributed by atoms with Gasteiger partial charge in [0.1, 0.15) is 11.2 Å². The number of thiophene rings is 1. The Bertz CT molecular complexity index is 1760. The number of imidazole rings is 1. The summed E-state index contributed by atoms with van der Waals surface area (Å²) in [4.78, 5) is 21.9. The third kappa shape index (κ3) is 4.00. The second-order valence-electron chi connectivity index (χ2n) is 9.57. The number of aryl methyl sites for hydroxylation is 1. The fourth-order valence-corrected chi connectivity index (χ4v) is 6.07. The molecule has 9 heteroatoms. The van der Waals surface area contributed by atoms with E-state index in [9.17, 15) is 0 Å². The average molecular weight is 510 g/mol. The SMILES string of the molecule is Cc1ccc(-c2ccnc3nc(-c4[nH]nc5c(F)cc(-c6cncc(CN7CCCC7)c6)cc45)[nH]c23)s1. The molecule has 37 heavy (non-hydrogen) atoms. The second-order valence-corrected chi connectivity index (χ2v) is 10.9. The van der Waals surface area contributed by atoms with Crippen LogP contribution in [0.3, 0.4) is 0 Å². The van der Waals surface area contributed by atoms with Crippen molar-refractivity contribution in [3.8, 4) is 33.1 Å². The molecule has 7 rings (SSSR count). The number of aromatic nitrogens is 6. The zero-order valence-electron chi connectivity index (χ0n) is 20.3. The van der Waals surface area contributed by atoms with Crippen LogP contribution < -0.4 is 0 Å². The lowest BCUT2D eigenvalue weighted by atomic mass is 10.0. The molecule has 7 nitrogen and oxygen atoms in total. The molecule has 6 aromatic rings. The summed E-state index contributed by atoms with van der Waals surface area (Å²) in [6, 6.07) is 11.8. The summed E-state index contributed by atoms with van der Waals surface area (Å²) in [6.07, 6.45) is 7.93. The zero-order valence-corrected chi connectivity index (χ0v) is 21.1.